The average molecular weight is 240 g/mol. The number of rotatable bonds is 6. The van der Waals surface area contributed by atoms with Crippen molar-refractivity contribution in [3.8, 4) is 0 Å². The molecule has 1 fully saturated rings. The minimum absolute atomic E-state index is 0.291. The largest absolute Gasteiger partial charge is 0.462 e. The fourth-order valence-corrected chi connectivity index (χ4v) is 2.11. The molecule has 0 atom stereocenters. The standard InChI is InChI=1S/C13H22NO3/c1-4-6-14(7-9-16-10-8-14)11-12(3)13(15)17-5-2/h4H,1,3,5-11H2,2H3/q+1. The lowest BCUT2D eigenvalue weighted by Crippen LogP contribution is -2.56. The van der Waals surface area contributed by atoms with Gasteiger partial charge < -0.3 is 14.0 Å². The van der Waals surface area contributed by atoms with Gasteiger partial charge in [-0.1, -0.05) is 13.2 Å². The van der Waals surface area contributed by atoms with E-state index < -0.39 is 0 Å². The fraction of sp³-hybridized carbons (Fsp3) is 0.615. The van der Waals surface area contributed by atoms with Gasteiger partial charge in [0.2, 0.25) is 0 Å². The Labute approximate surface area is 103 Å². The van der Waals surface area contributed by atoms with E-state index in [4.69, 9.17) is 9.47 Å². The van der Waals surface area contributed by atoms with Crippen LogP contribution in [0.25, 0.3) is 0 Å². The molecule has 17 heavy (non-hydrogen) atoms. The number of morpholine rings is 1. The number of carbonyl (C=O) groups is 1. The number of hydrogen-bond acceptors (Lipinski definition) is 3. The van der Waals surface area contributed by atoms with Gasteiger partial charge in [0.05, 0.1) is 31.9 Å². The van der Waals surface area contributed by atoms with Crippen LogP contribution in [0.3, 0.4) is 0 Å². The zero-order chi connectivity index (χ0) is 12.7. The van der Waals surface area contributed by atoms with E-state index in [1.54, 1.807) is 6.92 Å². The first-order valence-corrected chi connectivity index (χ1v) is 6.02. The van der Waals surface area contributed by atoms with E-state index in [9.17, 15) is 4.79 Å². The van der Waals surface area contributed by atoms with Crippen LogP contribution < -0.4 is 0 Å². The number of quaternary nitrogens is 1. The maximum Gasteiger partial charge on any atom is 0.339 e. The van der Waals surface area contributed by atoms with E-state index in [1.165, 1.54) is 0 Å². The molecule has 0 bridgehead atoms. The minimum Gasteiger partial charge on any atom is -0.462 e. The molecule has 0 saturated carbocycles. The van der Waals surface area contributed by atoms with Crippen LogP contribution in [-0.2, 0) is 14.3 Å². The zero-order valence-electron chi connectivity index (χ0n) is 10.6. The Bertz CT molecular complexity index is 293. The van der Waals surface area contributed by atoms with Gasteiger partial charge in [-0.05, 0) is 13.0 Å². The first-order chi connectivity index (χ1) is 8.13. The van der Waals surface area contributed by atoms with E-state index in [1.807, 2.05) is 6.08 Å². The Morgan fingerprint density at radius 3 is 2.65 bits per heavy atom. The van der Waals surface area contributed by atoms with Gasteiger partial charge in [-0.2, -0.15) is 0 Å². The van der Waals surface area contributed by atoms with Crippen LogP contribution in [0.5, 0.6) is 0 Å². The first-order valence-electron chi connectivity index (χ1n) is 6.02. The molecule has 0 amide bonds. The molecule has 0 aliphatic carbocycles. The van der Waals surface area contributed by atoms with Crippen molar-refractivity contribution in [2.45, 2.75) is 6.92 Å². The average Bonchev–Trinajstić information content (AvgIpc) is 2.30. The van der Waals surface area contributed by atoms with Gasteiger partial charge in [0.15, 0.2) is 0 Å². The third-order valence-electron chi connectivity index (χ3n) is 3.03. The Kier molecular flexibility index (Phi) is 5.38. The van der Waals surface area contributed by atoms with Gasteiger partial charge in [-0.15, -0.1) is 0 Å². The second-order valence-electron chi connectivity index (χ2n) is 4.35. The zero-order valence-corrected chi connectivity index (χ0v) is 10.6. The molecule has 4 nitrogen and oxygen atoms in total. The molecular formula is C13H22NO3+. The molecule has 96 valence electrons. The highest BCUT2D eigenvalue weighted by atomic mass is 16.5. The summed E-state index contributed by atoms with van der Waals surface area (Å²) in [6.45, 7) is 14.5. The molecule has 4 heteroatoms. The van der Waals surface area contributed by atoms with Gasteiger partial charge >= 0.3 is 5.97 Å². The molecule has 1 heterocycles. The monoisotopic (exact) mass is 240 g/mol. The highest BCUT2D eigenvalue weighted by molar-refractivity contribution is 5.87. The third-order valence-corrected chi connectivity index (χ3v) is 3.03. The number of ether oxygens (including phenoxy) is 2. The van der Waals surface area contributed by atoms with Crippen LogP contribution in [-0.4, -0.2) is 56.5 Å². The third kappa shape index (κ3) is 3.98. The lowest BCUT2D eigenvalue weighted by molar-refractivity contribution is -0.925. The molecular weight excluding hydrogens is 218 g/mol. The van der Waals surface area contributed by atoms with Crippen molar-refractivity contribution in [1.82, 2.24) is 0 Å². The van der Waals surface area contributed by atoms with Crippen molar-refractivity contribution in [3.05, 3.63) is 24.8 Å². The lowest BCUT2D eigenvalue weighted by atomic mass is 10.2. The van der Waals surface area contributed by atoms with Gasteiger partial charge in [-0.3, -0.25) is 0 Å². The molecule has 1 rings (SSSR count). The fourth-order valence-electron chi connectivity index (χ4n) is 2.11. The quantitative estimate of drug-likeness (QED) is 0.302. The molecule has 1 saturated heterocycles. The Balaban J connectivity index is 2.62. The Hall–Kier alpha value is -1.13. The summed E-state index contributed by atoms with van der Waals surface area (Å²) in [5, 5.41) is 0. The summed E-state index contributed by atoms with van der Waals surface area (Å²) in [6, 6.07) is 0. The maximum absolute atomic E-state index is 11.6. The van der Waals surface area contributed by atoms with E-state index in [0.29, 0.717) is 18.7 Å². The summed E-state index contributed by atoms with van der Waals surface area (Å²) in [4.78, 5) is 11.6. The summed E-state index contributed by atoms with van der Waals surface area (Å²) >= 11 is 0. The van der Waals surface area contributed by atoms with Crippen molar-refractivity contribution in [2.75, 3.05) is 46.0 Å². The molecule has 0 spiro atoms. The van der Waals surface area contributed by atoms with Crippen LogP contribution in [0.2, 0.25) is 0 Å². The summed E-state index contributed by atoms with van der Waals surface area (Å²) in [7, 11) is 0. The number of esters is 1. The summed E-state index contributed by atoms with van der Waals surface area (Å²) < 4.78 is 11.1. The normalized spacial score (nSPS) is 18.4. The van der Waals surface area contributed by atoms with E-state index in [2.05, 4.69) is 13.2 Å². The highest BCUT2D eigenvalue weighted by Crippen LogP contribution is 2.15. The van der Waals surface area contributed by atoms with Crippen LogP contribution in [0.4, 0.5) is 0 Å². The van der Waals surface area contributed by atoms with Gasteiger partial charge in [0, 0.05) is 0 Å². The molecule has 0 N–H and O–H groups in total. The van der Waals surface area contributed by atoms with Crippen molar-refractivity contribution in [2.24, 2.45) is 0 Å². The van der Waals surface area contributed by atoms with Crippen molar-refractivity contribution in [3.63, 3.8) is 0 Å². The molecule has 1 aliphatic rings. The van der Waals surface area contributed by atoms with Crippen LogP contribution in [0.15, 0.2) is 24.8 Å². The van der Waals surface area contributed by atoms with Crippen molar-refractivity contribution >= 4 is 5.97 Å². The van der Waals surface area contributed by atoms with Gasteiger partial charge in [0.1, 0.15) is 19.6 Å². The first kappa shape index (κ1) is 13.9. The van der Waals surface area contributed by atoms with E-state index in [-0.39, 0.29) is 5.97 Å². The van der Waals surface area contributed by atoms with Gasteiger partial charge in [0.25, 0.3) is 0 Å². The molecule has 1 aliphatic heterocycles. The molecule has 0 aromatic heterocycles. The van der Waals surface area contributed by atoms with E-state index in [0.717, 1.165) is 37.3 Å². The highest BCUT2D eigenvalue weighted by Gasteiger charge is 2.31. The predicted octanol–water partition coefficient (Wildman–Crippen LogP) is 1.14. The SMILES string of the molecule is C=CC[N+]1(CC(=C)C(=O)OCC)CCOCC1. The van der Waals surface area contributed by atoms with Crippen LogP contribution in [0, 0.1) is 0 Å². The topological polar surface area (TPSA) is 35.5 Å². The molecule has 0 aromatic rings. The number of hydrogen-bond donors (Lipinski definition) is 0. The second kappa shape index (κ2) is 6.57. The minimum atomic E-state index is -0.291. The van der Waals surface area contributed by atoms with Crippen molar-refractivity contribution in [1.29, 1.82) is 0 Å². The molecule has 0 radical (unpaired) electrons. The summed E-state index contributed by atoms with van der Waals surface area (Å²) in [5.74, 6) is -0.291. The summed E-state index contributed by atoms with van der Waals surface area (Å²) in [6.07, 6.45) is 1.89. The van der Waals surface area contributed by atoms with Crippen LogP contribution >= 0.6 is 0 Å². The number of nitrogens with zero attached hydrogens (tertiary/aromatic N) is 1. The van der Waals surface area contributed by atoms with Gasteiger partial charge in [-0.25, -0.2) is 4.79 Å². The maximum atomic E-state index is 11.6. The van der Waals surface area contributed by atoms with Crippen LogP contribution in [0.1, 0.15) is 6.92 Å². The van der Waals surface area contributed by atoms with E-state index >= 15 is 0 Å². The molecule has 0 aromatic carbocycles. The predicted molar refractivity (Wildman–Crippen MR) is 66.5 cm³/mol. The Morgan fingerprint density at radius 2 is 2.12 bits per heavy atom. The Morgan fingerprint density at radius 1 is 1.47 bits per heavy atom. The number of carbonyl (C=O) groups excluding carboxylic acids is 1. The summed E-state index contributed by atoms with van der Waals surface area (Å²) in [5.41, 5.74) is 0.538. The molecule has 0 unspecified atom stereocenters. The van der Waals surface area contributed by atoms with Crippen molar-refractivity contribution < 1.29 is 18.8 Å². The smallest absolute Gasteiger partial charge is 0.339 e. The lowest BCUT2D eigenvalue weighted by Gasteiger charge is -2.40. The second-order valence-corrected chi connectivity index (χ2v) is 4.35.